The molecule has 1 rings (SSSR count). The van der Waals surface area contributed by atoms with Crippen LogP contribution in [-0.4, -0.2) is 37.0 Å². The van der Waals surface area contributed by atoms with E-state index in [0.717, 1.165) is 18.8 Å². The molecule has 0 aliphatic carbocycles. The molecule has 1 unspecified atom stereocenters. The Balaban J connectivity index is 2.59. The molecule has 4 heteroatoms. The van der Waals surface area contributed by atoms with Gasteiger partial charge >= 0.3 is 0 Å². The first-order valence-corrected chi connectivity index (χ1v) is 7.51. The van der Waals surface area contributed by atoms with Gasteiger partial charge in [0.1, 0.15) is 5.76 Å². The van der Waals surface area contributed by atoms with Gasteiger partial charge in [0.05, 0.1) is 12.8 Å². The van der Waals surface area contributed by atoms with E-state index in [1.54, 1.807) is 6.26 Å². The van der Waals surface area contributed by atoms with E-state index in [9.17, 15) is 0 Å². The van der Waals surface area contributed by atoms with Crippen LogP contribution in [0.15, 0.2) is 16.7 Å². The maximum Gasteiger partial charge on any atom is 0.122 e. The predicted octanol–water partition coefficient (Wildman–Crippen LogP) is 2.57. The van der Waals surface area contributed by atoms with E-state index in [-0.39, 0.29) is 0 Å². The normalized spacial score (nSPS) is 13.2. The van der Waals surface area contributed by atoms with Gasteiger partial charge in [0.2, 0.25) is 0 Å². The molecule has 1 N–H and O–H groups in total. The molecule has 0 aliphatic rings. The Morgan fingerprint density at radius 2 is 2.29 bits per heavy atom. The van der Waals surface area contributed by atoms with Gasteiger partial charge < -0.3 is 9.73 Å². The molecule has 0 spiro atoms. The van der Waals surface area contributed by atoms with Crippen LogP contribution in [0.1, 0.15) is 24.7 Å². The molecule has 1 heterocycles. The molecule has 0 bridgehead atoms. The first-order valence-electron chi connectivity index (χ1n) is 6.11. The fraction of sp³-hybridized carbons (Fsp3) is 0.692. The van der Waals surface area contributed by atoms with Crippen LogP contribution in [0.2, 0.25) is 0 Å². The summed E-state index contributed by atoms with van der Waals surface area (Å²) in [7, 11) is 4.14. The Labute approximate surface area is 109 Å². The molecule has 0 radical (unpaired) electrons. The molecule has 1 aromatic rings. The highest BCUT2D eigenvalue weighted by atomic mass is 32.2. The number of rotatable bonds is 8. The second kappa shape index (κ2) is 7.80. The number of nitrogens with zero attached hydrogens (tertiary/aromatic N) is 1. The van der Waals surface area contributed by atoms with Crippen LogP contribution in [0, 0.1) is 0 Å². The van der Waals surface area contributed by atoms with Crippen LogP contribution >= 0.6 is 11.8 Å². The van der Waals surface area contributed by atoms with E-state index in [0.29, 0.717) is 6.04 Å². The molecule has 0 aliphatic heterocycles. The monoisotopic (exact) mass is 256 g/mol. The van der Waals surface area contributed by atoms with E-state index >= 15 is 0 Å². The summed E-state index contributed by atoms with van der Waals surface area (Å²) in [4.78, 5) is 2.42. The molecule has 0 fully saturated rings. The minimum atomic E-state index is 0.641. The third kappa shape index (κ3) is 4.37. The molecule has 3 nitrogen and oxygen atoms in total. The van der Waals surface area contributed by atoms with Gasteiger partial charge in [-0.15, -0.1) is 0 Å². The SMILES string of the molecule is CCC(CSC)N(C)Cc1ccoc1CNC. The van der Waals surface area contributed by atoms with E-state index in [4.69, 9.17) is 4.42 Å². The summed E-state index contributed by atoms with van der Waals surface area (Å²) in [6, 6.07) is 2.72. The second-order valence-electron chi connectivity index (χ2n) is 4.33. The van der Waals surface area contributed by atoms with Crippen LogP contribution in [0.4, 0.5) is 0 Å². The van der Waals surface area contributed by atoms with Crippen molar-refractivity contribution in [1.82, 2.24) is 10.2 Å². The average Bonchev–Trinajstić information content (AvgIpc) is 2.74. The minimum absolute atomic E-state index is 0.641. The zero-order valence-corrected chi connectivity index (χ0v) is 12.1. The van der Waals surface area contributed by atoms with Crippen molar-refractivity contribution in [3.8, 4) is 0 Å². The Morgan fingerprint density at radius 1 is 1.53 bits per heavy atom. The van der Waals surface area contributed by atoms with Gasteiger partial charge in [-0.2, -0.15) is 11.8 Å². The van der Waals surface area contributed by atoms with E-state index < -0.39 is 0 Å². The Bertz CT molecular complexity index is 314. The Morgan fingerprint density at radius 3 is 2.88 bits per heavy atom. The van der Waals surface area contributed by atoms with Gasteiger partial charge in [-0.25, -0.2) is 0 Å². The first-order chi connectivity index (χ1) is 8.22. The summed E-state index contributed by atoms with van der Waals surface area (Å²) < 4.78 is 5.48. The van der Waals surface area contributed by atoms with Crippen molar-refractivity contribution in [3.63, 3.8) is 0 Å². The molecule has 0 amide bonds. The standard InChI is InChI=1S/C13H24N2OS/c1-5-12(10-17-4)15(3)9-11-6-7-16-13(11)8-14-2/h6-7,12,14H,5,8-10H2,1-4H3. The highest BCUT2D eigenvalue weighted by Crippen LogP contribution is 2.16. The third-order valence-electron chi connectivity index (χ3n) is 3.05. The van der Waals surface area contributed by atoms with Crippen LogP contribution in [0.25, 0.3) is 0 Å². The van der Waals surface area contributed by atoms with Crippen LogP contribution in [-0.2, 0) is 13.1 Å². The van der Waals surface area contributed by atoms with Gasteiger partial charge in [0.15, 0.2) is 0 Å². The zero-order valence-electron chi connectivity index (χ0n) is 11.3. The number of nitrogens with one attached hydrogen (secondary N) is 1. The van der Waals surface area contributed by atoms with Crippen molar-refractivity contribution < 1.29 is 4.42 Å². The second-order valence-corrected chi connectivity index (χ2v) is 5.24. The molecule has 17 heavy (non-hydrogen) atoms. The van der Waals surface area contributed by atoms with Crippen LogP contribution in [0.5, 0.6) is 0 Å². The van der Waals surface area contributed by atoms with E-state index in [1.807, 2.05) is 18.8 Å². The van der Waals surface area contributed by atoms with Crippen LogP contribution in [0.3, 0.4) is 0 Å². The summed E-state index contributed by atoms with van der Waals surface area (Å²) >= 11 is 1.91. The summed E-state index contributed by atoms with van der Waals surface area (Å²) in [5, 5.41) is 3.14. The largest absolute Gasteiger partial charge is 0.468 e. The highest BCUT2D eigenvalue weighted by molar-refractivity contribution is 7.98. The van der Waals surface area contributed by atoms with Crippen molar-refractivity contribution in [1.29, 1.82) is 0 Å². The van der Waals surface area contributed by atoms with E-state index in [2.05, 4.69) is 36.5 Å². The topological polar surface area (TPSA) is 28.4 Å². The Hall–Kier alpha value is -0.450. The van der Waals surface area contributed by atoms with Crippen LogP contribution < -0.4 is 5.32 Å². The maximum atomic E-state index is 5.48. The van der Waals surface area contributed by atoms with Crippen molar-refractivity contribution in [2.45, 2.75) is 32.5 Å². The lowest BCUT2D eigenvalue weighted by Crippen LogP contribution is -2.32. The predicted molar refractivity (Wildman–Crippen MR) is 75.4 cm³/mol. The fourth-order valence-corrected chi connectivity index (χ4v) is 2.85. The van der Waals surface area contributed by atoms with E-state index in [1.165, 1.54) is 17.7 Å². The van der Waals surface area contributed by atoms with Gasteiger partial charge in [-0.1, -0.05) is 6.92 Å². The highest BCUT2D eigenvalue weighted by Gasteiger charge is 2.15. The van der Waals surface area contributed by atoms with Gasteiger partial charge in [0, 0.05) is 23.9 Å². The molecule has 0 saturated heterocycles. The van der Waals surface area contributed by atoms with Crippen molar-refractivity contribution in [2.24, 2.45) is 0 Å². The molecule has 98 valence electrons. The summed E-state index contributed by atoms with van der Waals surface area (Å²) in [5.41, 5.74) is 1.29. The number of hydrogen-bond donors (Lipinski definition) is 1. The lowest BCUT2D eigenvalue weighted by atomic mass is 10.2. The molecule has 1 aromatic heterocycles. The summed E-state index contributed by atoms with van der Waals surface area (Å²) in [5.74, 6) is 2.24. The van der Waals surface area contributed by atoms with Crippen molar-refractivity contribution in [2.75, 3.05) is 26.1 Å². The zero-order chi connectivity index (χ0) is 12.7. The third-order valence-corrected chi connectivity index (χ3v) is 3.77. The van der Waals surface area contributed by atoms with Gasteiger partial charge in [-0.05, 0) is 32.8 Å². The lowest BCUT2D eigenvalue weighted by Gasteiger charge is -2.26. The molecule has 0 saturated carbocycles. The Kier molecular flexibility index (Phi) is 6.70. The van der Waals surface area contributed by atoms with Gasteiger partial charge in [0.25, 0.3) is 0 Å². The van der Waals surface area contributed by atoms with Crippen molar-refractivity contribution >= 4 is 11.8 Å². The van der Waals surface area contributed by atoms with Crippen molar-refractivity contribution in [3.05, 3.63) is 23.7 Å². The minimum Gasteiger partial charge on any atom is -0.468 e. The molecule has 0 aromatic carbocycles. The quantitative estimate of drug-likeness (QED) is 0.774. The number of furan rings is 1. The molecule has 1 atom stereocenters. The number of thioether (sulfide) groups is 1. The maximum absolute atomic E-state index is 5.48. The lowest BCUT2D eigenvalue weighted by molar-refractivity contribution is 0.246. The first kappa shape index (κ1) is 14.6. The summed E-state index contributed by atoms with van der Waals surface area (Å²) in [6.45, 7) is 4.02. The van der Waals surface area contributed by atoms with Gasteiger partial charge in [-0.3, -0.25) is 4.90 Å². The smallest absolute Gasteiger partial charge is 0.122 e. The number of hydrogen-bond acceptors (Lipinski definition) is 4. The molecular weight excluding hydrogens is 232 g/mol. The summed E-state index contributed by atoms with van der Waals surface area (Å²) in [6.07, 6.45) is 5.14. The fourth-order valence-electron chi connectivity index (χ4n) is 1.97. The molecular formula is C13H24N2OS. The average molecular weight is 256 g/mol.